The van der Waals surface area contributed by atoms with E-state index in [1.54, 1.807) is 0 Å². The highest BCUT2D eigenvalue weighted by atomic mass is 35.5. The van der Waals surface area contributed by atoms with E-state index in [0.29, 0.717) is 0 Å². The Morgan fingerprint density at radius 3 is 2.70 bits per heavy atom. The quantitative estimate of drug-likeness (QED) is 0.386. The normalized spacial score (nSPS) is 10.1. The van der Waals surface area contributed by atoms with E-state index in [4.69, 9.17) is 22.1 Å². The van der Waals surface area contributed by atoms with Crippen LogP contribution in [0.2, 0.25) is 5.15 Å². The van der Waals surface area contributed by atoms with Crippen LogP contribution in [0.3, 0.4) is 0 Å². The Morgan fingerprint density at radius 1 is 1.35 bits per heavy atom. The average Bonchev–Trinajstić information content (AvgIpc) is 2.52. The molecular weight excluding hydrogens is 326 g/mol. The maximum Gasteiger partial charge on any atom is 0.341 e. The molecule has 2 N–H and O–H groups in total. The van der Waals surface area contributed by atoms with Gasteiger partial charge >= 0.3 is 5.97 Å². The lowest BCUT2D eigenvalue weighted by molar-refractivity contribution is -0.385. The van der Waals surface area contributed by atoms with E-state index in [9.17, 15) is 19.7 Å². The average molecular weight is 336 g/mol. The Labute approximate surface area is 135 Å². The molecule has 23 heavy (non-hydrogen) atoms. The van der Waals surface area contributed by atoms with Crippen molar-refractivity contribution in [3.8, 4) is 0 Å². The van der Waals surface area contributed by atoms with Gasteiger partial charge in [0.15, 0.2) is 0 Å². The zero-order valence-corrected chi connectivity index (χ0v) is 12.3. The molecule has 118 valence electrons. The van der Waals surface area contributed by atoms with Crippen LogP contribution in [-0.4, -0.2) is 21.8 Å². The summed E-state index contributed by atoms with van der Waals surface area (Å²) in [5, 5.41) is 11.0. The van der Waals surface area contributed by atoms with Crippen molar-refractivity contribution < 1.29 is 19.2 Å². The SMILES string of the molecule is NC(=O)c1ccc(COC(=O)c2cccnc2Cl)c([N+](=O)[O-])c1. The third-order valence-electron chi connectivity index (χ3n) is 2.90. The molecule has 1 aromatic heterocycles. The first kappa shape index (κ1) is 16.4. The summed E-state index contributed by atoms with van der Waals surface area (Å²) in [6.45, 7) is -0.362. The van der Waals surface area contributed by atoms with Crippen LogP contribution >= 0.6 is 11.6 Å². The molecule has 0 aliphatic rings. The number of benzene rings is 1. The predicted molar refractivity (Wildman–Crippen MR) is 80.0 cm³/mol. The number of halogens is 1. The molecular formula is C14H10ClN3O5. The molecule has 8 nitrogen and oxygen atoms in total. The number of aromatic nitrogens is 1. The first-order valence-corrected chi connectivity index (χ1v) is 6.62. The first-order valence-electron chi connectivity index (χ1n) is 6.25. The highest BCUT2D eigenvalue weighted by Crippen LogP contribution is 2.22. The molecule has 0 fully saturated rings. The Bertz CT molecular complexity index is 794. The molecule has 0 atom stereocenters. The number of nitro benzene ring substituents is 1. The van der Waals surface area contributed by atoms with Gasteiger partial charge in [-0.25, -0.2) is 9.78 Å². The Balaban J connectivity index is 2.20. The molecule has 1 heterocycles. The van der Waals surface area contributed by atoms with Crippen molar-refractivity contribution in [3.63, 3.8) is 0 Å². The number of amides is 1. The van der Waals surface area contributed by atoms with Gasteiger partial charge in [0, 0.05) is 17.8 Å². The van der Waals surface area contributed by atoms with E-state index in [-0.39, 0.29) is 34.1 Å². The standard InChI is InChI=1S/C14H10ClN3O5/c15-12-10(2-1-5-17-12)14(20)23-7-9-4-3-8(13(16)19)6-11(9)18(21)22/h1-6H,7H2,(H2,16,19). The number of ether oxygens (including phenoxy) is 1. The zero-order valence-electron chi connectivity index (χ0n) is 11.6. The molecule has 0 spiro atoms. The van der Waals surface area contributed by atoms with Crippen LogP contribution in [0.5, 0.6) is 0 Å². The lowest BCUT2D eigenvalue weighted by Gasteiger charge is -2.07. The van der Waals surface area contributed by atoms with Gasteiger partial charge in [0.25, 0.3) is 5.69 Å². The summed E-state index contributed by atoms with van der Waals surface area (Å²) in [4.78, 5) is 37.1. The molecule has 0 bridgehead atoms. The summed E-state index contributed by atoms with van der Waals surface area (Å²) < 4.78 is 5.00. The first-order chi connectivity index (χ1) is 10.9. The number of carbonyl (C=O) groups is 2. The minimum Gasteiger partial charge on any atom is -0.457 e. The lowest BCUT2D eigenvalue weighted by atomic mass is 10.1. The van der Waals surface area contributed by atoms with E-state index in [1.807, 2.05) is 0 Å². The molecule has 2 rings (SSSR count). The molecule has 0 unspecified atom stereocenters. The lowest BCUT2D eigenvalue weighted by Crippen LogP contribution is -2.12. The van der Waals surface area contributed by atoms with Gasteiger partial charge in [-0.3, -0.25) is 14.9 Å². The summed E-state index contributed by atoms with van der Waals surface area (Å²) in [6, 6.07) is 6.57. The number of hydrogen-bond acceptors (Lipinski definition) is 6. The molecule has 9 heteroatoms. The van der Waals surface area contributed by atoms with Gasteiger partial charge in [-0.05, 0) is 24.3 Å². The summed E-state index contributed by atoms with van der Waals surface area (Å²) >= 11 is 5.77. The second-order valence-electron chi connectivity index (χ2n) is 4.38. The van der Waals surface area contributed by atoms with Crippen LogP contribution in [0.25, 0.3) is 0 Å². The van der Waals surface area contributed by atoms with Gasteiger partial charge < -0.3 is 10.5 Å². The number of hydrogen-bond donors (Lipinski definition) is 1. The predicted octanol–water partition coefficient (Wildman–Crippen LogP) is 2.10. The van der Waals surface area contributed by atoms with Crippen molar-refractivity contribution in [2.24, 2.45) is 5.73 Å². The second-order valence-corrected chi connectivity index (χ2v) is 4.74. The van der Waals surface area contributed by atoms with Gasteiger partial charge in [0.2, 0.25) is 5.91 Å². The van der Waals surface area contributed by atoms with E-state index in [1.165, 1.54) is 30.5 Å². The minimum absolute atomic E-state index is 0.0120. The Hall–Kier alpha value is -3.00. The second kappa shape index (κ2) is 6.84. The number of nitrogens with zero attached hydrogens (tertiary/aromatic N) is 2. The minimum atomic E-state index is -0.793. The number of esters is 1. The van der Waals surface area contributed by atoms with E-state index in [0.717, 1.165) is 6.07 Å². The van der Waals surface area contributed by atoms with Crippen LogP contribution in [0.4, 0.5) is 5.69 Å². The van der Waals surface area contributed by atoms with Crippen LogP contribution in [0.15, 0.2) is 36.5 Å². The fourth-order valence-electron chi connectivity index (χ4n) is 1.77. The van der Waals surface area contributed by atoms with Crippen LogP contribution in [0.1, 0.15) is 26.3 Å². The van der Waals surface area contributed by atoms with Gasteiger partial charge in [-0.15, -0.1) is 0 Å². The number of pyridine rings is 1. The molecule has 0 radical (unpaired) electrons. The van der Waals surface area contributed by atoms with Gasteiger partial charge in [-0.1, -0.05) is 11.6 Å². The summed E-state index contributed by atoms with van der Waals surface area (Å²) in [6.07, 6.45) is 1.41. The van der Waals surface area contributed by atoms with Gasteiger partial charge in [0.05, 0.1) is 16.1 Å². The smallest absolute Gasteiger partial charge is 0.341 e. The third kappa shape index (κ3) is 3.80. The number of primary amides is 1. The van der Waals surface area contributed by atoms with Crippen molar-refractivity contribution in [1.82, 2.24) is 4.98 Å². The maximum atomic E-state index is 11.9. The number of rotatable bonds is 5. The van der Waals surface area contributed by atoms with Crippen LogP contribution in [-0.2, 0) is 11.3 Å². The van der Waals surface area contributed by atoms with E-state index in [2.05, 4.69) is 4.98 Å². The highest BCUT2D eigenvalue weighted by molar-refractivity contribution is 6.32. The van der Waals surface area contributed by atoms with E-state index >= 15 is 0 Å². The molecule has 2 aromatic rings. The zero-order chi connectivity index (χ0) is 17.0. The summed E-state index contributed by atoms with van der Waals surface area (Å²) in [5.41, 5.74) is 4.86. The number of nitrogens with two attached hydrogens (primary N) is 1. The molecule has 0 aliphatic heterocycles. The van der Waals surface area contributed by atoms with Crippen LogP contribution in [0, 0.1) is 10.1 Å². The fourth-order valence-corrected chi connectivity index (χ4v) is 1.96. The van der Waals surface area contributed by atoms with Gasteiger partial charge in [-0.2, -0.15) is 0 Å². The molecule has 0 saturated carbocycles. The maximum absolute atomic E-state index is 11.9. The topological polar surface area (TPSA) is 125 Å². The molecule has 0 saturated heterocycles. The van der Waals surface area contributed by atoms with E-state index < -0.39 is 16.8 Å². The molecule has 1 amide bonds. The van der Waals surface area contributed by atoms with Crippen molar-refractivity contribution in [3.05, 3.63) is 68.5 Å². The highest BCUT2D eigenvalue weighted by Gasteiger charge is 2.19. The molecule has 1 aromatic carbocycles. The Kier molecular flexibility index (Phi) is 4.87. The fraction of sp³-hybridized carbons (Fsp3) is 0.0714. The summed E-state index contributed by atoms with van der Waals surface area (Å²) in [5.74, 6) is -1.56. The third-order valence-corrected chi connectivity index (χ3v) is 3.21. The van der Waals surface area contributed by atoms with Crippen molar-refractivity contribution in [1.29, 1.82) is 0 Å². The monoisotopic (exact) mass is 335 g/mol. The molecule has 0 aliphatic carbocycles. The summed E-state index contributed by atoms with van der Waals surface area (Å²) in [7, 11) is 0. The van der Waals surface area contributed by atoms with Crippen molar-refractivity contribution >= 4 is 29.2 Å². The van der Waals surface area contributed by atoms with Crippen molar-refractivity contribution in [2.45, 2.75) is 6.61 Å². The Morgan fingerprint density at radius 2 is 2.09 bits per heavy atom. The van der Waals surface area contributed by atoms with Gasteiger partial charge in [0.1, 0.15) is 11.8 Å². The number of nitro groups is 1. The van der Waals surface area contributed by atoms with Crippen molar-refractivity contribution in [2.75, 3.05) is 0 Å². The van der Waals surface area contributed by atoms with Crippen LogP contribution < -0.4 is 5.73 Å². The largest absolute Gasteiger partial charge is 0.457 e. The number of carbonyl (C=O) groups excluding carboxylic acids is 2.